The quantitative estimate of drug-likeness (QED) is 0.814. The molecule has 2 aromatic rings. The van der Waals surface area contributed by atoms with Crippen LogP contribution < -0.4 is 0 Å². The highest BCUT2D eigenvalue weighted by Gasteiger charge is 2.18. The topological polar surface area (TPSA) is 85.1 Å². The predicted octanol–water partition coefficient (Wildman–Crippen LogP) is 1.55. The average Bonchev–Trinajstić information content (AvgIpc) is 2.73. The summed E-state index contributed by atoms with van der Waals surface area (Å²) in [5.41, 5.74) is 1.60. The number of carboxylic acid groups (broad SMARTS) is 1. The molecule has 1 N–H and O–H groups in total. The van der Waals surface area contributed by atoms with Gasteiger partial charge < -0.3 is 9.67 Å². The standard InChI is InChI=1S/C12H15N3O3S2/c1-8(7-20(2)18)15-10-3-4-13-5-9(10)14-12(15)19-6-11(16)17/h3-5,8H,6-7H2,1-2H3,(H,16,17). The number of hydrogen-bond acceptors (Lipinski definition) is 5. The van der Waals surface area contributed by atoms with Crippen LogP contribution in [0.2, 0.25) is 0 Å². The van der Waals surface area contributed by atoms with Crippen molar-refractivity contribution in [3.8, 4) is 0 Å². The van der Waals surface area contributed by atoms with Crippen LogP contribution in [0, 0.1) is 0 Å². The maximum atomic E-state index is 11.4. The first-order valence-corrected chi connectivity index (χ1v) is 8.67. The fraction of sp³-hybridized carbons (Fsp3) is 0.417. The van der Waals surface area contributed by atoms with Gasteiger partial charge in [0.05, 0.1) is 17.5 Å². The summed E-state index contributed by atoms with van der Waals surface area (Å²) < 4.78 is 13.4. The number of hydrogen-bond donors (Lipinski definition) is 1. The maximum Gasteiger partial charge on any atom is 0.313 e. The summed E-state index contributed by atoms with van der Waals surface area (Å²) in [6.45, 7) is 1.95. The molecule has 8 heteroatoms. The third kappa shape index (κ3) is 3.37. The fourth-order valence-electron chi connectivity index (χ4n) is 2.00. The van der Waals surface area contributed by atoms with Crippen molar-refractivity contribution >= 4 is 39.6 Å². The normalized spacial score (nSPS) is 14.3. The Kier molecular flexibility index (Phi) is 4.77. The van der Waals surface area contributed by atoms with Crippen molar-refractivity contribution in [1.29, 1.82) is 0 Å². The van der Waals surface area contributed by atoms with Crippen LogP contribution in [-0.2, 0) is 15.6 Å². The van der Waals surface area contributed by atoms with Gasteiger partial charge in [-0.05, 0) is 13.0 Å². The van der Waals surface area contributed by atoms with Gasteiger partial charge in [-0.2, -0.15) is 0 Å². The molecule has 0 amide bonds. The summed E-state index contributed by atoms with van der Waals surface area (Å²) >= 11 is 1.16. The van der Waals surface area contributed by atoms with Crippen molar-refractivity contribution in [3.63, 3.8) is 0 Å². The zero-order chi connectivity index (χ0) is 14.7. The van der Waals surface area contributed by atoms with Gasteiger partial charge in [-0.25, -0.2) is 4.98 Å². The van der Waals surface area contributed by atoms with E-state index in [2.05, 4.69) is 9.97 Å². The molecule has 0 fully saturated rings. The summed E-state index contributed by atoms with van der Waals surface area (Å²) in [4.78, 5) is 19.2. The van der Waals surface area contributed by atoms with E-state index in [-0.39, 0.29) is 11.8 Å². The minimum absolute atomic E-state index is 0.0236. The minimum atomic E-state index is -0.934. The zero-order valence-corrected chi connectivity index (χ0v) is 12.8. The Balaban J connectivity index is 2.43. The van der Waals surface area contributed by atoms with E-state index >= 15 is 0 Å². The zero-order valence-electron chi connectivity index (χ0n) is 11.1. The number of rotatable bonds is 6. The molecule has 0 bridgehead atoms. The van der Waals surface area contributed by atoms with Crippen LogP contribution in [0.15, 0.2) is 23.6 Å². The van der Waals surface area contributed by atoms with Crippen molar-refractivity contribution in [2.45, 2.75) is 18.1 Å². The van der Waals surface area contributed by atoms with E-state index in [0.717, 1.165) is 17.3 Å². The van der Waals surface area contributed by atoms with Gasteiger partial charge in [-0.15, -0.1) is 0 Å². The van der Waals surface area contributed by atoms with Crippen LogP contribution in [0.25, 0.3) is 11.0 Å². The summed E-state index contributed by atoms with van der Waals surface area (Å²) in [6.07, 6.45) is 4.97. The molecule has 0 aliphatic carbocycles. The molecule has 2 atom stereocenters. The van der Waals surface area contributed by atoms with Crippen LogP contribution in [0.5, 0.6) is 0 Å². The van der Waals surface area contributed by atoms with Crippen LogP contribution in [-0.4, -0.2) is 47.6 Å². The van der Waals surface area contributed by atoms with E-state index in [1.165, 1.54) is 0 Å². The molecular formula is C12H15N3O3S2. The number of aliphatic carboxylic acids is 1. The Bertz CT molecular complexity index is 656. The van der Waals surface area contributed by atoms with Crippen LogP contribution >= 0.6 is 11.8 Å². The highest BCUT2D eigenvalue weighted by molar-refractivity contribution is 7.99. The molecule has 0 saturated heterocycles. The van der Waals surface area contributed by atoms with Gasteiger partial charge in [-0.1, -0.05) is 11.8 Å². The number of nitrogens with zero attached hydrogens (tertiary/aromatic N) is 3. The van der Waals surface area contributed by atoms with Crippen molar-refractivity contribution in [2.24, 2.45) is 0 Å². The lowest BCUT2D eigenvalue weighted by molar-refractivity contribution is -0.133. The molecule has 6 nitrogen and oxygen atoms in total. The van der Waals surface area contributed by atoms with E-state index in [1.807, 2.05) is 17.6 Å². The van der Waals surface area contributed by atoms with Crippen molar-refractivity contribution in [2.75, 3.05) is 17.8 Å². The van der Waals surface area contributed by atoms with Crippen LogP contribution in [0.3, 0.4) is 0 Å². The lowest BCUT2D eigenvalue weighted by Crippen LogP contribution is -2.14. The van der Waals surface area contributed by atoms with Gasteiger partial charge in [0.1, 0.15) is 5.52 Å². The van der Waals surface area contributed by atoms with Crippen LogP contribution in [0.1, 0.15) is 13.0 Å². The molecule has 108 valence electrons. The van der Waals surface area contributed by atoms with Crippen LogP contribution in [0.4, 0.5) is 0 Å². The van der Waals surface area contributed by atoms with Crippen molar-refractivity contribution in [3.05, 3.63) is 18.5 Å². The third-order valence-corrected chi connectivity index (χ3v) is 4.59. The second-order valence-electron chi connectivity index (χ2n) is 4.40. The number of carboxylic acids is 1. The largest absolute Gasteiger partial charge is 0.481 e. The SMILES string of the molecule is CC(CS(C)=O)n1c(SCC(=O)O)nc2cnccc21. The highest BCUT2D eigenvalue weighted by Crippen LogP contribution is 2.27. The van der Waals surface area contributed by atoms with Gasteiger partial charge in [0.25, 0.3) is 0 Å². The Morgan fingerprint density at radius 3 is 3.00 bits per heavy atom. The second kappa shape index (κ2) is 6.36. The number of fused-ring (bicyclic) bond motifs is 1. The molecular weight excluding hydrogens is 298 g/mol. The first kappa shape index (κ1) is 15.0. The molecule has 20 heavy (non-hydrogen) atoms. The third-order valence-electron chi connectivity index (χ3n) is 2.70. The van der Waals surface area contributed by atoms with E-state index in [4.69, 9.17) is 5.11 Å². The first-order valence-electron chi connectivity index (χ1n) is 5.95. The molecule has 0 aliphatic rings. The minimum Gasteiger partial charge on any atom is -0.481 e. The molecule has 0 saturated carbocycles. The monoisotopic (exact) mass is 313 g/mol. The molecule has 2 heterocycles. The van der Waals surface area contributed by atoms with Crippen molar-refractivity contribution < 1.29 is 14.1 Å². The van der Waals surface area contributed by atoms with E-state index in [0.29, 0.717) is 16.4 Å². The number of aromatic nitrogens is 3. The van der Waals surface area contributed by atoms with Crippen molar-refractivity contribution in [1.82, 2.24) is 14.5 Å². The molecule has 0 spiro atoms. The Morgan fingerprint density at radius 2 is 2.35 bits per heavy atom. The number of pyridine rings is 1. The van der Waals surface area contributed by atoms with Gasteiger partial charge in [0.2, 0.25) is 0 Å². The molecule has 2 rings (SSSR count). The Morgan fingerprint density at radius 1 is 1.60 bits per heavy atom. The average molecular weight is 313 g/mol. The van der Waals surface area contributed by atoms with Gasteiger partial charge in [0, 0.05) is 35.0 Å². The van der Waals surface area contributed by atoms with E-state index in [9.17, 15) is 9.00 Å². The lowest BCUT2D eigenvalue weighted by Gasteiger charge is -2.15. The van der Waals surface area contributed by atoms with Gasteiger partial charge in [0.15, 0.2) is 5.16 Å². The maximum absolute atomic E-state index is 11.4. The molecule has 0 radical (unpaired) electrons. The van der Waals surface area contributed by atoms with E-state index in [1.54, 1.807) is 18.6 Å². The Labute approximate surface area is 123 Å². The highest BCUT2D eigenvalue weighted by atomic mass is 32.2. The molecule has 0 aromatic carbocycles. The Hall–Kier alpha value is -1.41. The number of thioether (sulfide) groups is 1. The first-order chi connectivity index (χ1) is 9.49. The summed E-state index contributed by atoms with van der Waals surface area (Å²) in [6, 6.07) is 1.81. The van der Waals surface area contributed by atoms with Gasteiger partial charge in [-0.3, -0.25) is 14.0 Å². The molecule has 0 aliphatic heterocycles. The smallest absolute Gasteiger partial charge is 0.313 e. The summed E-state index contributed by atoms with van der Waals surface area (Å²) in [7, 11) is -0.934. The fourth-order valence-corrected chi connectivity index (χ4v) is 3.66. The molecule has 2 aromatic heterocycles. The van der Waals surface area contributed by atoms with Gasteiger partial charge >= 0.3 is 5.97 Å². The number of carbonyl (C=O) groups is 1. The predicted molar refractivity (Wildman–Crippen MR) is 79.5 cm³/mol. The lowest BCUT2D eigenvalue weighted by atomic mass is 10.3. The van der Waals surface area contributed by atoms with E-state index < -0.39 is 16.8 Å². The number of imidazole rings is 1. The summed E-state index contributed by atoms with van der Waals surface area (Å²) in [5.74, 6) is -0.453. The second-order valence-corrected chi connectivity index (χ2v) is 6.82. The molecule has 2 unspecified atom stereocenters. The summed E-state index contributed by atoms with van der Waals surface area (Å²) in [5, 5.41) is 9.42.